The van der Waals surface area contributed by atoms with Crippen molar-refractivity contribution in [3.63, 3.8) is 0 Å². The zero-order valence-electron chi connectivity index (χ0n) is 15.8. The van der Waals surface area contributed by atoms with Crippen molar-refractivity contribution in [2.45, 2.75) is 52.0 Å². The van der Waals surface area contributed by atoms with Gasteiger partial charge in [-0.05, 0) is 60.9 Å². The molecule has 0 heterocycles. The molecule has 0 fully saturated rings. The molecule has 0 bridgehead atoms. The van der Waals surface area contributed by atoms with Crippen LogP contribution in [0.3, 0.4) is 0 Å². The van der Waals surface area contributed by atoms with Crippen LogP contribution in [0.4, 0.5) is 0 Å². The Morgan fingerprint density at radius 2 is 1.69 bits per heavy atom. The first-order valence-electron chi connectivity index (χ1n) is 9.48. The number of hydrogen-bond donors (Lipinski definition) is 0. The van der Waals surface area contributed by atoms with Crippen LogP contribution in [0.5, 0.6) is 0 Å². The van der Waals surface area contributed by atoms with E-state index in [0.29, 0.717) is 6.54 Å². The van der Waals surface area contributed by atoms with Crippen molar-refractivity contribution < 1.29 is 9.59 Å². The van der Waals surface area contributed by atoms with Gasteiger partial charge in [0, 0.05) is 32.0 Å². The Kier molecular flexibility index (Phi) is 5.87. The van der Waals surface area contributed by atoms with Crippen molar-refractivity contribution in [3.05, 3.63) is 70.3 Å². The zero-order valence-corrected chi connectivity index (χ0v) is 15.8. The Labute approximate surface area is 156 Å². The monoisotopic (exact) mass is 349 g/mol. The molecular formula is C23H27NO2. The molecule has 1 aliphatic rings. The quantitative estimate of drug-likeness (QED) is 0.720. The average Bonchev–Trinajstić information content (AvgIpc) is 2.67. The van der Waals surface area contributed by atoms with E-state index in [-0.39, 0.29) is 24.5 Å². The molecular weight excluding hydrogens is 322 g/mol. The van der Waals surface area contributed by atoms with E-state index in [4.69, 9.17) is 0 Å². The highest BCUT2D eigenvalue weighted by molar-refractivity contribution is 5.98. The van der Waals surface area contributed by atoms with E-state index in [1.165, 1.54) is 29.5 Å². The summed E-state index contributed by atoms with van der Waals surface area (Å²) in [6.07, 6.45) is 5.16. The highest BCUT2D eigenvalue weighted by Gasteiger charge is 2.16. The lowest BCUT2D eigenvalue weighted by atomic mass is 9.89. The van der Waals surface area contributed by atoms with Gasteiger partial charge in [-0.15, -0.1) is 0 Å². The third kappa shape index (κ3) is 4.40. The molecule has 136 valence electrons. The van der Waals surface area contributed by atoms with Crippen LogP contribution in [0.25, 0.3) is 0 Å². The van der Waals surface area contributed by atoms with Gasteiger partial charge >= 0.3 is 0 Å². The van der Waals surface area contributed by atoms with E-state index in [1.54, 1.807) is 11.9 Å². The van der Waals surface area contributed by atoms with Crippen LogP contribution in [0.1, 0.15) is 58.3 Å². The van der Waals surface area contributed by atoms with Crippen LogP contribution < -0.4 is 0 Å². The minimum Gasteiger partial charge on any atom is -0.341 e. The Balaban J connectivity index is 1.55. The molecule has 0 aromatic heterocycles. The maximum Gasteiger partial charge on any atom is 0.223 e. The summed E-state index contributed by atoms with van der Waals surface area (Å²) in [4.78, 5) is 26.6. The molecule has 0 radical (unpaired) electrons. The Morgan fingerprint density at radius 1 is 0.962 bits per heavy atom. The summed E-state index contributed by atoms with van der Waals surface area (Å²) in [6, 6.07) is 14.1. The number of amides is 1. The van der Waals surface area contributed by atoms with E-state index in [9.17, 15) is 9.59 Å². The van der Waals surface area contributed by atoms with E-state index in [1.807, 2.05) is 43.3 Å². The molecule has 0 aliphatic heterocycles. The Hall–Kier alpha value is -2.42. The SMILES string of the molecule is Cc1ccccc1CN(C)C(=O)CCC(=O)c1ccc2c(c1)CCCC2. The van der Waals surface area contributed by atoms with Gasteiger partial charge in [0.2, 0.25) is 5.91 Å². The maximum atomic E-state index is 12.5. The molecule has 1 aliphatic carbocycles. The molecule has 0 saturated heterocycles. The van der Waals surface area contributed by atoms with Crippen molar-refractivity contribution in [1.82, 2.24) is 4.90 Å². The second-order valence-electron chi connectivity index (χ2n) is 7.29. The number of aryl methyl sites for hydroxylation is 3. The molecule has 26 heavy (non-hydrogen) atoms. The van der Waals surface area contributed by atoms with Crippen LogP contribution in [0.2, 0.25) is 0 Å². The zero-order chi connectivity index (χ0) is 18.5. The third-order valence-corrected chi connectivity index (χ3v) is 5.33. The summed E-state index contributed by atoms with van der Waals surface area (Å²) in [5.41, 5.74) is 5.76. The molecule has 3 heteroatoms. The Morgan fingerprint density at radius 3 is 2.46 bits per heavy atom. The van der Waals surface area contributed by atoms with Crippen LogP contribution in [-0.4, -0.2) is 23.6 Å². The first-order chi connectivity index (χ1) is 12.5. The van der Waals surface area contributed by atoms with Crippen molar-refractivity contribution in [2.75, 3.05) is 7.05 Å². The van der Waals surface area contributed by atoms with E-state index >= 15 is 0 Å². The van der Waals surface area contributed by atoms with Gasteiger partial charge in [0.05, 0.1) is 0 Å². The Bertz CT molecular complexity index is 810. The second kappa shape index (κ2) is 8.31. The molecule has 0 spiro atoms. The van der Waals surface area contributed by atoms with Crippen LogP contribution in [-0.2, 0) is 24.2 Å². The number of Topliss-reactive ketones (excluding diaryl/α,β-unsaturated/α-hetero) is 1. The summed E-state index contributed by atoms with van der Waals surface area (Å²) in [5, 5.41) is 0. The van der Waals surface area contributed by atoms with E-state index < -0.39 is 0 Å². The van der Waals surface area contributed by atoms with Gasteiger partial charge in [-0.25, -0.2) is 0 Å². The first-order valence-corrected chi connectivity index (χ1v) is 9.48. The molecule has 2 aromatic carbocycles. The number of fused-ring (bicyclic) bond motifs is 1. The number of carbonyl (C=O) groups is 2. The summed E-state index contributed by atoms with van der Waals surface area (Å²) in [6.45, 7) is 2.63. The molecule has 3 rings (SSSR count). The van der Waals surface area contributed by atoms with E-state index in [2.05, 4.69) is 6.07 Å². The van der Waals surface area contributed by atoms with Crippen molar-refractivity contribution in [1.29, 1.82) is 0 Å². The smallest absolute Gasteiger partial charge is 0.223 e. The molecule has 3 nitrogen and oxygen atoms in total. The van der Waals surface area contributed by atoms with Gasteiger partial charge in [-0.2, -0.15) is 0 Å². The minimum atomic E-state index is 0.0135. The van der Waals surface area contributed by atoms with Gasteiger partial charge < -0.3 is 4.90 Å². The van der Waals surface area contributed by atoms with Crippen LogP contribution in [0, 0.1) is 6.92 Å². The molecule has 0 saturated carbocycles. The number of nitrogens with zero attached hydrogens (tertiary/aromatic N) is 1. The fourth-order valence-corrected chi connectivity index (χ4v) is 3.59. The van der Waals surface area contributed by atoms with Gasteiger partial charge in [-0.3, -0.25) is 9.59 Å². The lowest BCUT2D eigenvalue weighted by molar-refractivity contribution is -0.130. The summed E-state index contributed by atoms with van der Waals surface area (Å²) in [5.74, 6) is 0.0792. The van der Waals surface area contributed by atoms with Crippen molar-refractivity contribution >= 4 is 11.7 Å². The minimum absolute atomic E-state index is 0.0135. The van der Waals surface area contributed by atoms with Crippen LogP contribution in [0.15, 0.2) is 42.5 Å². The predicted octanol–water partition coefficient (Wildman–Crippen LogP) is 4.50. The summed E-state index contributed by atoms with van der Waals surface area (Å²) >= 11 is 0. The van der Waals surface area contributed by atoms with Crippen molar-refractivity contribution in [2.24, 2.45) is 0 Å². The van der Waals surface area contributed by atoms with E-state index in [0.717, 1.165) is 24.0 Å². The third-order valence-electron chi connectivity index (χ3n) is 5.33. The lowest BCUT2D eigenvalue weighted by Crippen LogP contribution is -2.26. The number of hydrogen-bond acceptors (Lipinski definition) is 2. The molecule has 0 unspecified atom stereocenters. The molecule has 0 atom stereocenters. The number of carbonyl (C=O) groups excluding carboxylic acids is 2. The van der Waals surface area contributed by atoms with Gasteiger partial charge in [0.15, 0.2) is 5.78 Å². The fourth-order valence-electron chi connectivity index (χ4n) is 3.59. The number of rotatable bonds is 6. The maximum absolute atomic E-state index is 12.5. The number of ketones is 1. The molecule has 2 aromatic rings. The van der Waals surface area contributed by atoms with Crippen molar-refractivity contribution in [3.8, 4) is 0 Å². The highest BCUT2D eigenvalue weighted by Crippen LogP contribution is 2.23. The molecule has 0 N–H and O–H groups in total. The summed E-state index contributed by atoms with van der Waals surface area (Å²) in [7, 11) is 1.80. The lowest BCUT2D eigenvalue weighted by Gasteiger charge is -2.19. The number of benzene rings is 2. The normalized spacial score (nSPS) is 13.2. The average molecular weight is 349 g/mol. The van der Waals surface area contributed by atoms with Gasteiger partial charge in [-0.1, -0.05) is 36.4 Å². The van der Waals surface area contributed by atoms with Gasteiger partial charge in [0.25, 0.3) is 0 Å². The molecule has 1 amide bonds. The first kappa shape index (κ1) is 18.4. The standard InChI is InChI=1S/C23H27NO2/c1-17-7-3-4-10-21(17)16-24(2)23(26)14-13-22(25)20-12-11-18-8-5-6-9-19(18)15-20/h3-4,7,10-12,15H,5-6,8-9,13-14,16H2,1-2H3. The largest absolute Gasteiger partial charge is 0.341 e. The fraction of sp³-hybridized carbons (Fsp3) is 0.391. The topological polar surface area (TPSA) is 37.4 Å². The van der Waals surface area contributed by atoms with Crippen LogP contribution >= 0.6 is 0 Å². The summed E-state index contributed by atoms with van der Waals surface area (Å²) < 4.78 is 0. The highest BCUT2D eigenvalue weighted by atomic mass is 16.2. The second-order valence-corrected chi connectivity index (χ2v) is 7.29. The predicted molar refractivity (Wildman–Crippen MR) is 104 cm³/mol. The van der Waals surface area contributed by atoms with Gasteiger partial charge in [0.1, 0.15) is 0 Å².